The molecule has 0 aliphatic heterocycles. The Balaban J connectivity index is 1.24. The molecule has 0 bridgehead atoms. The van der Waals surface area contributed by atoms with Gasteiger partial charge in [-0.15, -0.1) is 11.3 Å². The maximum absolute atomic E-state index is 6.01. The van der Waals surface area contributed by atoms with Crippen molar-refractivity contribution in [2.75, 3.05) is 0 Å². The molecule has 7 aromatic rings. The van der Waals surface area contributed by atoms with Gasteiger partial charge in [-0.3, -0.25) is 10.1 Å². The second-order valence-electron chi connectivity index (χ2n) is 8.94. The molecule has 7 rings (SSSR count). The number of nitrogens with one attached hydrogen (secondary N) is 2. The van der Waals surface area contributed by atoms with Crippen molar-refractivity contribution in [1.82, 2.24) is 20.2 Å². The molecule has 4 heterocycles. The predicted octanol–water partition coefficient (Wildman–Crippen LogP) is 8.08. The summed E-state index contributed by atoms with van der Waals surface area (Å²) in [7, 11) is 0. The van der Waals surface area contributed by atoms with Gasteiger partial charge in [0, 0.05) is 38.5 Å². The Morgan fingerprint density at radius 1 is 0.757 bits per heavy atom. The first-order valence-corrected chi connectivity index (χ1v) is 13.0. The molecule has 5 nitrogen and oxygen atoms in total. The number of rotatable bonds is 6. The van der Waals surface area contributed by atoms with Crippen LogP contribution in [0.3, 0.4) is 0 Å². The number of hydrogen-bond acceptors (Lipinski definition) is 4. The van der Waals surface area contributed by atoms with Crippen molar-refractivity contribution in [2.24, 2.45) is 0 Å². The summed E-state index contributed by atoms with van der Waals surface area (Å²) >= 11 is 1.75. The van der Waals surface area contributed by atoms with E-state index in [1.165, 1.54) is 15.8 Å². The Labute approximate surface area is 217 Å². The highest BCUT2D eigenvalue weighted by Gasteiger charge is 2.15. The van der Waals surface area contributed by atoms with Crippen molar-refractivity contribution in [1.29, 1.82) is 0 Å². The number of aromatic amines is 2. The third-order valence-electron chi connectivity index (χ3n) is 6.56. The molecule has 0 atom stereocenters. The normalized spacial score (nSPS) is 11.4. The lowest BCUT2D eigenvalue weighted by molar-refractivity contribution is 0.305. The Morgan fingerprint density at radius 2 is 1.70 bits per heavy atom. The van der Waals surface area contributed by atoms with E-state index in [9.17, 15) is 0 Å². The zero-order valence-electron chi connectivity index (χ0n) is 19.8. The van der Waals surface area contributed by atoms with Crippen LogP contribution in [0.1, 0.15) is 5.56 Å². The van der Waals surface area contributed by atoms with Gasteiger partial charge in [0.1, 0.15) is 18.1 Å². The average molecular weight is 499 g/mol. The van der Waals surface area contributed by atoms with E-state index < -0.39 is 0 Å². The second kappa shape index (κ2) is 9.08. The predicted molar refractivity (Wildman–Crippen MR) is 151 cm³/mol. The first-order chi connectivity index (χ1) is 18.3. The Kier molecular flexibility index (Phi) is 5.30. The summed E-state index contributed by atoms with van der Waals surface area (Å²) in [6.45, 7) is 0.505. The lowest BCUT2D eigenvalue weighted by Crippen LogP contribution is -1.95. The molecular weight excluding hydrogens is 476 g/mol. The standard InChI is InChI=1S/C31H22N4OS/c1-2-6-20(7-3-1)19-36-23-14-22(17-32-18-23)21-11-12-28-26(15-21)31(35-34-28)29-16-25-24(30-10-5-13-37-30)8-4-9-27(25)33-29/h1-18,33H,19H2,(H,34,35). The summed E-state index contributed by atoms with van der Waals surface area (Å²) in [4.78, 5) is 9.27. The van der Waals surface area contributed by atoms with Crippen LogP contribution < -0.4 is 4.74 Å². The molecule has 4 aromatic heterocycles. The van der Waals surface area contributed by atoms with Crippen LogP contribution in [-0.4, -0.2) is 20.2 Å². The zero-order valence-corrected chi connectivity index (χ0v) is 20.6. The summed E-state index contributed by atoms with van der Waals surface area (Å²) in [5.41, 5.74) is 8.38. The lowest BCUT2D eigenvalue weighted by atomic mass is 10.0. The van der Waals surface area contributed by atoms with Gasteiger partial charge < -0.3 is 9.72 Å². The quantitative estimate of drug-likeness (QED) is 0.244. The van der Waals surface area contributed by atoms with E-state index >= 15 is 0 Å². The van der Waals surface area contributed by atoms with Crippen LogP contribution in [0, 0.1) is 0 Å². The van der Waals surface area contributed by atoms with Crippen LogP contribution in [0.4, 0.5) is 0 Å². The molecule has 2 N–H and O–H groups in total. The Bertz CT molecular complexity index is 1830. The fraction of sp³-hybridized carbons (Fsp3) is 0.0323. The summed E-state index contributed by atoms with van der Waals surface area (Å²) in [6.07, 6.45) is 3.62. The molecule has 0 spiro atoms. The minimum absolute atomic E-state index is 0.505. The summed E-state index contributed by atoms with van der Waals surface area (Å²) in [5.74, 6) is 0.741. The molecule has 0 saturated heterocycles. The average Bonchev–Trinajstić information content (AvgIpc) is 3.71. The van der Waals surface area contributed by atoms with Crippen LogP contribution in [0.2, 0.25) is 0 Å². The van der Waals surface area contributed by atoms with E-state index in [4.69, 9.17) is 4.74 Å². The number of H-pyrrole nitrogens is 2. The van der Waals surface area contributed by atoms with Gasteiger partial charge >= 0.3 is 0 Å². The molecule has 0 saturated carbocycles. The van der Waals surface area contributed by atoms with Crippen molar-refractivity contribution in [3.63, 3.8) is 0 Å². The number of aromatic nitrogens is 4. The van der Waals surface area contributed by atoms with Crippen LogP contribution in [0.5, 0.6) is 5.75 Å². The highest BCUT2D eigenvalue weighted by Crippen LogP contribution is 2.36. The van der Waals surface area contributed by atoms with Gasteiger partial charge in [0.2, 0.25) is 0 Å². The number of benzene rings is 3. The topological polar surface area (TPSA) is 66.6 Å². The van der Waals surface area contributed by atoms with Gasteiger partial charge in [-0.25, -0.2) is 0 Å². The van der Waals surface area contributed by atoms with Crippen LogP contribution >= 0.6 is 11.3 Å². The number of ether oxygens (including phenoxy) is 1. The minimum Gasteiger partial charge on any atom is -0.487 e. The molecule has 0 fully saturated rings. The number of nitrogens with zero attached hydrogens (tertiary/aromatic N) is 2. The summed E-state index contributed by atoms with van der Waals surface area (Å²) in [5, 5.41) is 12.2. The third kappa shape index (κ3) is 4.07. The second-order valence-corrected chi connectivity index (χ2v) is 9.89. The van der Waals surface area contributed by atoms with Crippen LogP contribution in [0.25, 0.3) is 54.8 Å². The number of hydrogen-bond donors (Lipinski definition) is 2. The third-order valence-corrected chi connectivity index (χ3v) is 7.47. The van der Waals surface area contributed by atoms with Gasteiger partial charge in [-0.2, -0.15) is 5.10 Å². The molecule has 0 aliphatic carbocycles. The molecule has 0 aliphatic rings. The molecule has 178 valence electrons. The monoisotopic (exact) mass is 498 g/mol. The highest BCUT2D eigenvalue weighted by atomic mass is 32.1. The van der Waals surface area contributed by atoms with Crippen LogP contribution in [0.15, 0.2) is 109 Å². The van der Waals surface area contributed by atoms with Crippen molar-refractivity contribution in [3.05, 3.63) is 114 Å². The number of pyridine rings is 1. The van der Waals surface area contributed by atoms with Crippen molar-refractivity contribution in [3.8, 4) is 38.7 Å². The maximum Gasteiger partial charge on any atom is 0.138 e. The van der Waals surface area contributed by atoms with Gasteiger partial charge in [-0.1, -0.05) is 54.6 Å². The van der Waals surface area contributed by atoms with E-state index in [0.717, 1.165) is 50.2 Å². The van der Waals surface area contributed by atoms with Crippen molar-refractivity contribution < 1.29 is 4.74 Å². The van der Waals surface area contributed by atoms with E-state index in [-0.39, 0.29) is 0 Å². The zero-order chi connectivity index (χ0) is 24.6. The number of fused-ring (bicyclic) bond motifs is 2. The van der Waals surface area contributed by atoms with Gasteiger partial charge in [-0.05, 0) is 52.9 Å². The molecule has 0 amide bonds. The molecule has 0 radical (unpaired) electrons. The fourth-order valence-electron chi connectivity index (χ4n) is 4.72. The first kappa shape index (κ1) is 21.6. The molecule has 0 unspecified atom stereocenters. The van der Waals surface area contributed by atoms with Crippen molar-refractivity contribution in [2.45, 2.75) is 6.61 Å². The lowest BCUT2D eigenvalue weighted by Gasteiger charge is -2.08. The minimum atomic E-state index is 0.505. The number of thiophene rings is 1. The Hall–Kier alpha value is -4.68. The molecule has 3 aromatic carbocycles. The SMILES string of the molecule is c1ccc(COc2cncc(-c3ccc4[nH]nc(-c5cc6c(-c7cccs7)cccc6[nH]5)c4c3)c2)cc1. The first-order valence-electron chi connectivity index (χ1n) is 12.1. The highest BCUT2D eigenvalue weighted by molar-refractivity contribution is 7.13. The Morgan fingerprint density at radius 3 is 2.59 bits per heavy atom. The summed E-state index contributed by atoms with van der Waals surface area (Å²) in [6, 6.07) is 31.3. The van der Waals surface area contributed by atoms with Gasteiger partial charge in [0.25, 0.3) is 0 Å². The van der Waals surface area contributed by atoms with Crippen LogP contribution in [-0.2, 0) is 6.61 Å². The van der Waals surface area contributed by atoms with Gasteiger partial charge in [0.05, 0.1) is 17.4 Å². The summed E-state index contributed by atoms with van der Waals surface area (Å²) < 4.78 is 6.01. The van der Waals surface area contributed by atoms with Gasteiger partial charge in [0.15, 0.2) is 0 Å². The fourth-order valence-corrected chi connectivity index (χ4v) is 5.49. The van der Waals surface area contributed by atoms with E-state index in [1.807, 2.05) is 30.5 Å². The van der Waals surface area contributed by atoms with E-state index in [1.54, 1.807) is 17.5 Å². The largest absolute Gasteiger partial charge is 0.487 e. The molecule has 6 heteroatoms. The van der Waals surface area contributed by atoms with E-state index in [0.29, 0.717) is 6.61 Å². The molecule has 37 heavy (non-hydrogen) atoms. The van der Waals surface area contributed by atoms with E-state index in [2.05, 4.69) is 92.3 Å². The smallest absolute Gasteiger partial charge is 0.138 e. The molecular formula is C31H22N4OS. The van der Waals surface area contributed by atoms with Crippen molar-refractivity contribution >= 4 is 33.1 Å². The maximum atomic E-state index is 6.01.